The van der Waals surface area contributed by atoms with Gasteiger partial charge in [-0.2, -0.15) is 0 Å². The zero-order valence-electron chi connectivity index (χ0n) is 11.7. The average Bonchev–Trinajstić information content (AvgIpc) is 2.73. The molecule has 3 heteroatoms. The SMILES string of the molecule is CC1(c2ccccc2)NC(=S)C(C)(c2ccccc2)N1. The standard InChI is InChI=1S/C17H18N2S/c1-16(13-9-5-3-6-10-13)15(20)18-17(2,19-16)14-11-7-4-8-12-14/h3-12,19H,1-2H3,(H,18,20). The lowest BCUT2D eigenvalue weighted by Gasteiger charge is -2.30. The summed E-state index contributed by atoms with van der Waals surface area (Å²) in [6.07, 6.45) is 0. The molecule has 2 N–H and O–H groups in total. The highest BCUT2D eigenvalue weighted by molar-refractivity contribution is 7.80. The summed E-state index contributed by atoms with van der Waals surface area (Å²) in [6, 6.07) is 20.7. The Morgan fingerprint density at radius 3 is 1.85 bits per heavy atom. The van der Waals surface area contributed by atoms with Gasteiger partial charge in [0, 0.05) is 0 Å². The molecule has 1 saturated heterocycles. The molecule has 1 fully saturated rings. The highest BCUT2D eigenvalue weighted by atomic mass is 32.1. The number of rotatable bonds is 2. The average molecular weight is 282 g/mol. The Kier molecular flexibility index (Phi) is 3.11. The monoisotopic (exact) mass is 282 g/mol. The van der Waals surface area contributed by atoms with Crippen LogP contribution in [-0.2, 0) is 11.2 Å². The van der Waals surface area contributed by atoms with E-state index in [1.807, 2.05) is 36.4 Å². The number of hydrogen-bond acceptors (Lipinski definition) is 2. The molecule has 2 aromatic carbocycles. The van der Waals surface area contributed by atoms with Gasteiger partial charge in [-0.1, -0.05) is 72.9 Å². The molecule has 0 aromatic heterocycles. The lowest BCUT2D eigenvalue weighted by molar-refractivity contribution is 0.328. The molecule has 0 saturated carbocycles. The minimum atomic E-state index is -0.346. The topological polar surface area (TPSA) is 24.1 Å². The van der Waals surface area contributed by atoms with Crippen LogP contribution in [0.1, 0.15) is 25.0 Å². The molecule has 1 aliphatic rings. The van der Waals surface area contributed by atoms with Gasteiger partial charge in [0.1, 0.15) is 10.7 Å². The van der Waals surface area contributed by atoms with Crippen LogP contribution >= 0.6 is 12.2 Å². The number of hydrogen-bond donors (Lipinski definition) is 2. The molecule has 0 spiro atoms. The minimum Gasteiger partial charge on any atom is -0.356 e. The molecular formula is C17H18N2S. The van der Waals surface area contributed by atoms with Crippen LogP contribution in [0.5, 0.6) is 0 Å². The zero-order chi connectivity index (χ0) is 14.2. The van der Waals surface area contributed by atoms with Crippen LogP contribution in [0.15, 0.2) is 60.7 Å². The Labute approximate surface area is 125 Å². The van der Waals surface area contributed by atoms with Gasteiger partial charge in [-0.15, -0.1) is 0 Å². The van der Waals surface area contributed by atoms with Crippen LogP contribution in [0.3, 0.4) is 0 Å². The maximum Gasteiger partial charge on any atom is 0.113 e. The van der Waals surface area contributed by atoms with Gasteiger partial charge < -0.3 is 5.32 Å². The van der Waals surface area contributed by atoms with Crippen LogP contribution in [0, 0.1) is 0 Å². The Morgan fingerprint density at radius 2 is 1.30 bits per heavy atom. The van der Waals surface area contributed by atoms with Gasteiger partial charge in [0.05, 0.1) is 5.54 Å². The van der Waals surface area contributed by atoms with Crippen molar-refractivity contribution >= 4 is 17.2 Å². The van der Waals surface area contributed by atoms with E-state index in [0.717, 1.165) is 4.99 Å². The Morgan fingerprint density at radius 1 is 0.800 bits per heavy atom. The first kappa shape index (κ1) is 13.3. The maximum atomic E-state index is 5.61. The second kappa shape index (κ2) is 4.69. The van der Waals surface area contributed by atoms with Gasteiger partial charge in [0.2, 0.25) is 0 Å². The van der Waals surface area contributed by atoms with Crippen molar-refractivity contribution in [2.75, 3.05) is 0 Å². The van der Waals surface area contributed by atoms with E-state index in [2.05, 4.69) is 48.7 Å². The van der Waals surface area contributed by atoms with Gasteiger partial charge >= 0.3 is 0 Å². The first-order valence-electron chi connectivity index (χ1n) is 6.78. The molecule has 0 bridgehead atoms. The minimum absolute atomic E-state index is 0.344. The molecular weight excluding hydrogens is 264 g/mol. The maximum absolute atomic E-state index is 5.61. The summed E-state index contributed by atoms with van der Waals surface area (Å²) in [5, 5.41) is 7.13. The first-order chi connectivity index (χ1) is 9.55. The third-order valence-electron chi connectivity index (χ3n) is 4.02. The molecule has 1 heterocycles. The van der Waals surface area contributed by atoms with E-state index in [1.54, 1.807) is 0 Å². The Balaban J connectivity index is 2.01. The normalized spacial score (nSPS) is 29.2. The van der Waals surface area contributed by atoms with Gasteiger partial charge in [0.15, 0.2) is 0 Å². The Hall–Kier alpha value is -1.71. The molecule has 2 atom stereocenters. The Bertz CT molecular complexity index is 626. The first-order valence-corrected chi connectivity index (χ1v) is 7.18. The van der Waals surface area contributed by atoms with E-state index in [1.165, 1.54) is 11.1 Å². The van der Waals surface area contributed by atoms with Crippen molar-refractivity contribution in [3.05, 3.63) is 71.8 Å². The third kappa shape index (κ3) is 2.03. The fraction of sp³-hybridized carbons (Fsp3) is 0.235. The zero-order valence-corrected chi connectivity index (χ0v) is 12.5. The summed E-state index contributed by atoms with van der Waals surface area (Å²) in [4.78, 5) is 0.829. The van der Waals surface area contributed by atoms with Gasteiger partial charge in [-0.25, -0.2) is 0 Å². The summed E-state index contributed by atoms with van der Waals surface area (Å²) in [5.41, 5.74) is 1.67. The van der Waals surface area contributed by atoms with Crippen molar-refractivity contribution in [3.8, 4) is 0 Å². The second-order valence-electron chi connectivity index (χ2n) is 5.56. The van der Waals surface area contributed by atoms with Crippen molar-refractivity contribution in [2.45, 2.75) is 25.0 Å². The number of nitrogens with one attached hydrogen (secondary N) is 2. The van der Waals surface area contributed by atoms with Gasteiger partial charge in [0.25, 0.3) is 0 Å². The molecule has 102 valence electrons. The van der Waals surface area contributed by atoms with E-state index in [9.17, 15) is 0 Å². The van der Waals surface area contributed by atoms with Crippen molar-refractivity contribution in [3.63, 3.8) is 0 Å². The summed E-state index contributed by atoms with van der Waals surface area (Å²) in [6.45, 7) is 4.26. The van der Waals surface area contributed by atoms with Crippen molar-refractivity contribution < 1.29 is 0 Å². The fourth-order valence-corrected chi connectivity index (χ4v) is 3.20. The van der Waals surface area contributed by atoms with Crippen LogP contribution in [0.2, 0.25) is 0 Å². The highest BCUT2D eigenvalue weighted by Crippen LogP contribution is 2.34. The van der Waals surface area contributed by atoms with Crippen LogP contribution in [0.25, 0.3) is 0 Å². The van der Waals surface area contributed by atoms with Crippen LogP contribution in [-0.4, -0.2) is 4.99 Å². The summed E-state index contributed by atoms with van der Waals surface area (Å²) in [5.74, 6) is 0. The molecule has 2 aromatic rings. The molecule has 2 nitrogen and oxygen atoms in total. The van der Waals surface area contributed by atoms with Gasteiger partial charge in [-0.05, 0) is 25.0 Å². The molecule has 3 rings (SSSR count). The van der Waals surface area contributed by atoms with E-state index in [4.69, 9.17) is 12.2 Å². The third-order valence-corrected chi connectivity index (χ3v) is 4.53. The summed E-state index contributed by atoms with van der Waals surface area (Å²) < 4.78 is 0. The van der Waals surface area contributed by atoms with Crippen molar-refractivity contribution in [1.82, 2.24) is 10.6 Å². The van der Waals surface area contributed by atoms with E-state index < -0.39 is 0 Å². The number of benzene rings is 2. The quantitative estimate of drug-likeness (QED) is 0.827. The number of thiocarbonyl (C=S) groups is 1. The highest BCUT2D eigenvalue weighted by Gasteiger charge is 2.47. The largest absolute Gasteiger partial charge is 0.356 e. The molecule has 1 aliphatic heterocycles. The van der Waals surface area contributed by atoms with E-state index in [-0.39, 0.29) is 11.2 Å². The smallest absolute Gasteiger partial charge is 0.113 e. The molecule has 0 aliphatic carbocycles. The lowest BCUT2D eigenvalue weighted by Crippen LogP contribution is -2.47. The molecule has 2 unspecified atom stereocenters. The van der Waals surface area contributed by atoms with Gasteiger partial charge in [-0.3, -0.25) is 5.32 Å². The second-order valence-corrected chi connectivity index (χ2v) is 5.97. The predicted octanol–water partition coefficient (Wildman–Crippen LogP) is 3.29. The summed E-state index contributed by atoms with van der Waals surface area (Å²) in [7, 11) is 0. The fourth-order valence-electron chi connectivity index (χ4n) is 2.83. The van der Waals surface area contributed by atoms with Crippen LogP contribution < -0.4 is 10.6 Å². The predicted molar refractivity (Wildman–Crippen MR) is 86.5 cm³/mol. The summed E-state index contributed by atoms with van der Waals surface area (Å²) >= 11 is 5.61. The lowest BCUT2D eigenvalue weighted by atomic mass is 9.92. The van der Waals surface area contributed by atoms with Crippen molar-refractivity contribution in [1.29, 1.82) is 0 Å². The van der Waals surface area contributed by atoms with E-state index >= 15 is 0 Å². The van der Waals surface area contributed by atoms with E-state index in [0.29, 0.717) is 0 Å². The molecule has 20 heavy (non-hydrogen) atoms. The van der Waals surface area contributed by atoms with Crippen molar-refractivity contribution in [2.24, 2.45) is 0 Å². The molecule has 0 amide bonds. The molecule has 0 radical (unpaired) electrons. The van der Waals surface area contributed by atoms with Crippen LogP contribution in [0.4, 0.5) is 0 Å².